The predicted molar refractivity (Wildman–Crippen MR) is 85.3 cm³/mol. The third kappa shape index (κ3) is 4.59. The van der Waals surface area contributed by atoms with Crippen molar-refractivity contribution < 1.29 is 22.3 Å². The van der Waals surface area contributed by atoms with Gasteiger partial charge in [0.25, 0.3) is 0 Å². The fourth-order valence-electron chi connectivity index (χ4n) is 2.73. The van der Waals surface area contributed by atoms with Crippen molar-refractivity contribution in [2.75, 3.05) is 26.0 Å². The van der Waals surface area contributed by atoms with Crippen molar-refractivity contribution in [2.45, 2.75) is 25.9 Å². The number of nitrogens with zero attached hydrogens (tertiary/aromatic N) is 1. The Kier molecular flexibility index (Phi) is 5.89. The van der Waals surface area contributed by atoms with Crippen LogP contribution in [0.25, 0.3) is 0 Å². The second kappa shape index (κ2) is 7.51. The van der Waals surface area contributed by atoms with E-state index in [0.717, 1.165) is 0 Å². The van der Waals surface area contributed by atoms with E-state index in [-0.39, 0.29) is 24.0 Å². The zero-order valence-electron chi connectivity index (χ0n) is 13.4. The van der Waals surface area contributed by atoms with E-state index in [9.17, 15) is 17.6 Å². The molecule has 0 bridgehead atoms. The molecule has 5 nitrogen and oxygen atoms in total. The highest BCUT2D eigenvalue weighted by molar-refractivity contribution is 7.89. The zero-order chi connectivity index (χ0) is 17.0. The first kappa shape index (κ1) is 18.0. The summed E-state index contributed by atoms with van der Waals surface area (Å²) in [5.41, 5.74) is 0.418. The number of Topliss-reactive ketones (excluding diaryl/α,β-unsaturated/α-hetero) is 1. The summed E-state index contributed by atoms with van der Waals surface area (Å²) in [5.74, 6) is -1.02. The molecule has 1 aliphatic rings. The fourth-order valence-corrected chi connectivity index (χ4v) is 4.48. The molecule has 7 heteroatoms. The maximum atomic E-state index is 13.0. The first-order chi connectivity index (χ1) is 10.8. The molecule has 0 radical (unpaired) electrons. The fraction of sp³-hybridized carbons (Fsp3) is 0.562. The van der Waals surface area contributed by atoms with Gasteiger partial charge in [-0.05, 0) is 44.0 Å². The first-order valence-corrected chi connectivity index (χ1v) is 9.25. The quantitative estimate of drug-likeness (QED) is 0.742. The highest BCUT2D eigenvalue weighted by Crippen LogP contribution is 2.23. The van der Waals surface area contributed by atoms with Crippen molar-refractivity contribution in [1.82, 2.24) is 4.31 Å². The van der Waals surface area contributed by atoms with Crippen LogP contribution in [0.2, 0.25) is 0 Å². The maximum absolute atomic E-state index is 13.0. The standard InChI is InChI=1S/C16H22FNO4S/c1-12(22-2)11-23(20,21)18-9-3-4-14(10-18)16(19)13-5-7-15(17)8-6-13/h5-8,12,14H,3-4,9-11H2,1-2H3. The Morgan fingerprint density at radius 2 is 2.04 bits per heavy atom. The molecule has 2 atom stereocenters. The number of hydrogen-bond donors (Lipinski definition) is 0. The number of methoxy groups -OCH3 is 1. The van der Waals surface area contributed by atoms with Crippen LogP contribution < -0.4 is 0 Å². The van der Waals surface area contributed by atoms with E-state index in [1.165, 1.54) is 35.7 Å². The van der Waals surface area contributed by atoms with Crippen LogP contribution >= 0.6 is 0 Å². The molecule has 0 spiro atoms. The molecule has 0 N–H and O–H groups in total. The van der Waals surface area contributed by atoms with Gasteiger partial charge in [0.2, 0.25) is 10.0 Å². The summed E-state index contributed by atoms with van der Waals surface area (Å²) in [6.07, 6.45) is 0.883. The summed E-state index contributed by atoms with van der Waals surface area (Å²) in [5, 5.41) is 0. The van der Waals surface area contributed by atoms with Crippen molar-refractivity contribution in [3.8, 4) is 0 Å². The molecule has 1 aromatic rings. The van der Waals surface area contributed by atoms with Crippen LogP contribution in [-0.2, 0) is 14.8 Å². The Morgan fingerprint density at radius 3 is 2.65 bits per heavy atom. The molecule has 2 unspecified atom stereocenters. The molecule has 0 saturated carbocycles. The number of benzene rings is 1. The van der Waals surface area contributed by atoms with Crippen LogP contribution in [0.1, 0.15) is 30.1 Å². The van der Waals surface area contributed by atoms with Crippen molar-refractivity contribution in [2.24, 2.45) is 5.92 Å². The van der Waals surface area contributed by atoms with Gasteiger partial charge in [-0.15, -0.1) is 0 Å². The average Bonchev–Trinajstić information content (AvgIpc) is 2.54. The van der Waals surface area contributed by atoms with E-state index in [2.05, 4.69) is 0 Å². The van der Waals surface area contributed by atoms with Crippen LogP contribution in [-0.4, -0.2) is 50.6 Å². The molecule has 0 aromatic heterocycles. The highest BCUT2D eigenvalue weighted by atomic mass is 32.2. The monoisotopic (exact) mass is 343 g/mol. The lowest BCUT2D eigenvalue weighted by Gasteiger charge is -2.31. The molecule has 2 rings (SSSR count). The molecule has 1 heterocycles. The molecule has 1 fully saturated rings. The van der Waals surface area contributed by atoms with E-state index in [1.54, 1.807) is 6.92 Å². The molecular formula is C16H22FNO4S. The van der Waals surface area contributed by atoms with Crippen molar-refractivity contribution >= 4 is 15.8 Å². The Balaban J connectivity index is 2.08. The Morgan fingerprint density at radius 1 is 1.39 bits per heavy atom. The zero-order valence-corrected chi connectivity index (χ0v) is 14.2. The largest absolute Gasteiger partial charge is 0.381 e. The summed E-state index contributed by atoms with van der Waals surface area (Å²) in [7, 11) is -1.98. The Hall–Kier alpha value is -1.31. The van der Waals surface area contributed by atoms with Crippen LogP contribution in [0.3, 0.4) is 0 Å². The third-order valence-electron chi connectivity index (χ3n) is 4.12. The molecule has 1 saturated heterocycles. The Bertz CT molecular complexity index is 645. The summed E-state index contributed by atoms with van der Waals surface area (Å²) >= 11 is 0. The highest BCUT2D eigenvalue weighted by Gasteiger charge is 2.33. The lowest BCUT2D eigenvalue weighted by atomic mass is 9.91. The normalized spacial score (nSPS) is 21.1. The minimum Gasteiger partial charge on any atom is -0.381 e. The predicted octanol–water partition coefficient (Wildman–Crippen LogP) is 2.09. The number of piperidine rings is 1. The minimum atomic E-state index is -3.45. The number of halogens is 1. The van der Waals surface area contributed by atoms with Crippen molar-refractivity contribution in [1.29, 1.82) is 0 Å². The van der Waals surface area contributed by atoms with Gasteiger partial charge in [-0.3, -0.25) is 4.79 Å². The molecule has 1 aromatic carbocycles. The van der Waals surface area contributed by atoms with Crippen LogP contribution in [0.5, 0.6) is 0 Å². The van der Waals surface area contributed by atoms with Gasteiger partial charge in [0.15, 0.2) is 5.78 Å². The van der Waals surface area contributed by atoms with E-state index in [1.807, 2.05) is 0 Å². The third-order valence-corrected chi connectivity index (χ3v) is 6.13. The number of sulfonamides is 1. The summed E-state index contributed by atoms with van der Waals surface area (Å²) in [6, 6.07) is 5.37. The second-order valence-corrected chi connectivity index (χ2v) is 7.91. The van der Waals surface area contributed by atoms with Gasteiger partial charge in [0.05, 0.1) is 11.9 Å². The van der Waals surface area contributed by atoms with Gasteiger partial charge >= 0.3 is 0 Å². The smallest absolute Gasteiger partial charge is 0.216 e. The van der Waals surface area contributed by atoms with Crippen molar-refractivity contribution in [3.05, 3.63) is 35.6 Å². The average molecular weight is 343 g/mol. The molecular weight excluding hydrogens is 321 g/mol. The van der Waals surface area contributed by atoms with Gasteiger partial charge in [-0.2, -0.15) is 0 Å². The molecule has 0 amide bonds. The molecule has 1 aliphatic heterocycles. The molecule has 23 heavy (non-hydrogen) atoms. The SMILES string of the molecule is COC(C)CS(=O)(=O)N1CCCC(C(=O)c2ccc(F)cc2)C1. The van der Waals surface area contributed by atoms with Crippen LogP contribution in [0, 0.1) is 11.7 Å². The number of carbonyl (C=O) groups excluding carboxylic acids is 1. The Labute approximate surface area is 136 Å². The van der Waals surface area contributed by atoms with Gasteiger partial charge in [-0.1, -0.05) is 0 Å². The van der Waals surface area contributed by atoms with Gasteiger partial charge < -0.3 is 4.74 Å². The molecule has 128 valence electrons. The van der Waals surface area contributed by atoms with Gasteiger partial charge in [0.1, 0.15) is 5.82 Å². The maximum Gasteiger partial charge on any atom is 0.216 e. The number of rotatable bonds is 6. The number of carbonyl (C=O) groups is 1. The van der Waals surface area contributed by atoms with Gasteiger partial charge in [0, 0.05) is 31.7 Å². The minimum absolute atomic E-state index is 0.0963. The number of ketones is 1. The summed E-state index contributed by atoms with van der Waals surface area (Å²) in [4.78, 5) is 12.5. The van der Waals surface area contributed by atoms with E-state index < -0.39 is 21.9 Å². The lowest BCUT2D eigenvalue weighted by Crippen LogP contribution is -2.44. The van der Waals surface area contributed by atoms with Crippen LogP contribution in [0.15, 0.2) is 24.3 Å². The lowest BCUT2D eigenvalue weighted by molar-refractivity contribution is 0.0871. The second-order valence-electron chi connectivity index (χ2n) is 5.89. The number of ether oxygens (including phenoxy) is 1. The first-order valence-electron chi connectivity index (χ1n) is 7.64. The van der Waals surface area contributed by atoms with E-state index >= 15 is 0 Å². The van der Waals surface area contributed by atoms with Gasteiger partial charge in [-0.25, -0.2) is 17.1 Å². The summed E-state index contributed by atoms with van der Waals surface area (Å²) < 4.78 is 44.1. The van der Waals surface area contributed by atoms with Crippen LogP contribution in [0.4, 0.5) is 4.39 Å². The van der Waals surface area contributed by atoms with Crippen molar-refractivity contribution in [3.63, 3.8) is 0 Å². The number of hydrogen-bond acceptors (Lipinski definition) is 4. The summed E-state index contributed by atoms with van der Waals surface area (Å²) in [6.45, 7) is 2.30. The topological polar surface area (TPSA) is 63.7 Å². The van der Waals surface area contributed by atoms with E-state index in [4.69, 9.17) is 4.74 Å². The molecule has 0 aliphatic carbocycles. The van der Waals surface area contributed by atoms with E-state index in [0.29, 0.717) is 24.9 Å².